The van der Waals surface area contributed by atoms with Crippen molar-refractivity contribution in [3.8, 4) is 0 Å². The molecule has 162 valence electrons. The zero-order valence-electron chi connectivity index (χ0n) is 17.7. The van der Waals surface area contributed by atoms with Gasteiger partial charge in [-0.1, -0.05) is 63.3 Å². The van der Waals surface area contributed by atoms with Gasteiger partial charge in [0.25, 0.3) is 0 Å². The second kappa shape index (κ2) is 20.1. The predicted octanol–water partition coefficient (Wildman–Crippen LogP) is 5.71. The van der Waals surface area contributed by atoms with E-state index in [1.54, 1.807) is 0 Å². The SMILES string of the molecule is CCCCC/C=C\C/C=C\CCCCCCCC(=O)O.O=C(O)[C@@H]1CCCN1. The number of aliphatic carboxylic acids is 2. The van der Waals surface area contributed by atoms with Crippen LogP contribution in [0.15, 0.2) is 24.3 Å². The summed E-state index contributed by atoms with van der Waals surface area (Å²) in [6.07, 6.45) is 24.1. The van der Waals surface area contributed by atoms with Crippen LogP contribution in [0.5, 0.6) is 0 Å². The lowest BCUT2D eigenvalue weighted by molar-refractivity contribution is -0.139. The first kappa shape index (κ1) is 26.4. The zero-order chi connectivity index (χ0) is 20.9. The van der Waals surface area contributed by atoms with Crippen molar-refractivity contribution >= 4 is 11.9 Å². The smallest absolute Gasteiger partial charge is 0.320 e. The van der Waals surface area contributed by atoms with Gasteiger partial charge >= 0.3 is 11.9 Å². The molecule has 28 heavy (non-hydrogen) atoms. The summed E-state index contributed by atoms with van der Waals surface area (Å²) in [7, 11) is 0. The summed E-state index contributed by atoms with van der Waals surface area (Å²) < 4.78 is 0. The number of carboxylic acids is 2. The van der Waals surface area contributed by atoms with E-state index in [2.05, 4.69) is 36.5 Å². The van der Waals surface area contributed by atoms with Gasteiger partial charge in [0, 0.05) is 6.42 Å². The number of unbranched alkanes of at least 4 members (excludes halogenated alkanes) is 8. The highest BCUT2D eigenvalue weighted by Gasteiger charge is 2.20. The molecule has 0 aliphatic carbocycles. The average molecular weight is 396 g/mol. The Bertz CT molecular complexity index is 440. The molecule has 0 radical (unpaired) electrons. The van der Waals surface area contributed by atoms with Crippen LogP contribution in [0.4, 0.5) is 0 Å². The first-order chi connectivity index (χ1) is 13.6. The van der Waals surface area contributed by atoms with E-state index in [0.717, 1.165) is 45.1 Å². The second-order valence-electron chi connectivity index (χ2n) is 7.36. The maximum Gasteiger partial charge on any atom is 0.320 e. The van der Waals surface area contributed by atoms with Gasteiger partial charge in [-0.15, -0.1) is 0 Å². The molecule has 3 N–H and O–H groups in total. The van der Waals surface area contributed by atoms with Crippen LogP contribution in [-0.4, -0.2) is 34.7 Å². The van der Waals surface area contributed by atoms with Crippen molar-refractivity contribution in [2.45, 2.75) is 103 Å². The number of carboxylic acid groups (broad SMARTS) is 2. The summed E-state index contributed by atoms with van der Waals surface area (Å²) in [6, 6.07) is -0.269. The number of hydrogen-bond acceptors (Lipinski definition) is 3. The third-order valence-corrected chi connectivity index (χ3v) is 4.70. The van der Waals surface area contributed by atoms with Gasteiger partial charge in [-0.3, -0.25) is 9.59 Å². The van der Waals surface area contributed by atoms with E-state index < -0.39 is 11.9 Å². The molecule has 0 aromatic carbocycles. The van der Waals surface area contributed by atoms with Crippen molar-refractivity contribution in [2.24, 2.45) is 0 Å². The summed E-state index contributed by atoms with van der Waals surface area (Å²) in [5, 5.41) is 19.7. The minimum atomic E-state index is -0.720. The highest BCUT2D eigenvalue weighted by molar-refractivity contribution is 5.73. The molecule has 1 aliphatic heterocycles. The largest absolute Gasteiger partial charge is 0.481 e. The van der Waals surface area contributed by atoms with Crippen molar-refractivity contribution in [3.63, 3.8) is 0 Å². The molecule has 0 amide bonds. The van der Waals surface area contributed by atoms with Crippen LogP contribution in [0.25, 0.3) is 0 Å². The number of carbonyl (C=O) groups is 2. The standard InChI is InChI=1S/C18H32O2.C5H9NO2/c1-2-3-4-5-6-7-8-9-10-11-12-13-14-15-16-17-18(19)20;7-5(8)4-2-1-3-6-4/h6-7,9-10H,2-5,8,11-17H2,1H3,(H,19,20);4,6H,1-3H2,(H,7,8)/b7-6-,10-9-;/t;4-/m.0/s1. The van der Waals surface area contributed by atoms with E-state index in [0.29, 0.717) is 6.42 Å². The van der Waals surface area contributed by atoms with Gasteiger partial charge in [0.1, 0.15) is 6.04 Å². The summed E-state index contributed by atoms with van der Waals surface area (Å²) in [4.78, 5) is 20.5. The molecule has 0 unspecified atom stereocenters. The monoisotopic (exact) mass is 395 g/mol. The first-order valence-corrected chi connectivity index (χ1v) is 11.1. The fourth-order valence-electron chi connectivity index (χ4n) is 2.98. The Balaban J connectivity index is 0.000000749. The molecule has 1 heterocycles. The Kier molecular flexibility index (Phi) is 19.0. The maximum atomic E-state index is 10.3. The Morgan fingerprint density at radius 1 is 0.893 bits per heavy atom. The van der Waals surface area contributed by atoms with Gasteiger partial charge in [0.15, 0.2) is 0 Å². The Labute approximate surface area is 171 Å². The molecule has 0 aromatic rings. The molecular weight excluding hydrogens is 354 g/mol. The fraction of sp³-hybridized carbons (Fsp3) is 0.739. The van der Waals surface area contributed by atoms with Crippen LogP contribution in [0.2, 0.25) is 0 Å². The molecule has 0 bridgehead atoms. The first-order valence-electron chi connectivity index (χ1n) is 11.1. The fourth-order valence-corrected chi connectivity index (χ4v) is 2.98. The highest BCUT2D eigenvalue weighted by atomic mass is 16.4. The average Bonchev–Trinajstić information content (AvgIpc) is 3.20. The van der Waals surface area contributed by atoms with Crippen LogP contribution in [0.3, 0.4) is 0 Å². The Morgan fingerprint density at radius 2 is 1.50 bits per heavy atom. The normalized spacial score (nSPS) is 16.4. The van der Waals surface area contributed by atoms with Crippen LogP contribution < -0.4 is 5.32 Å². The van der Waals surface area contributed by atoms with E-state index in [1.807, 2.05) is 0 Å². The number of rotatable bonds is 15. The summed E-state index contributed by atoms with van der Waals surface area (Å²) >= 11 is 0. The van der Waals surface area contributed by atoms with Gasteiger partial charge < -0.3 is 15.5 Å². The van der Waals surface area contributed by atoms with Crippen molar-refractivity contribution in [1.29, 1.82) is 0 Å². The van der Waals surface area contributed by atoms with Crippen LogP contribution >= 0.6 is 0 Å². The predicted molar refractivity (Wildman–Crippen MR) is 116 cm³/mol. The molecule has 1 aliphatic rings. The molecule has 0 spiro atoms. The summed E-state index contributed by atoms with van der Waals surface area (Å²) in [5.74, 6) is -1.39. The summed E-state index contributed by atoms with van der Waals surface area (Å²) in [6.45, 7) is 3.09. The second-order valence-corrected chi connectivity index (χ2v) is 7.36. The van der Waals surface area contributed by atoms with E-state index >= 15 is 0 Å². The minimum Gasteiger partial charge on any atom is -0.481 e. The third kappa shape index (κ3) is 19.2. The highest BCUT2D eigenvalue weighted by Crippen LogP contribution is 2.08. The summed E-state index contributed by atoms with van der Waals surface area (Å²) in [5.41, 5.74) is 0. The minimum absolute atomic E-state index is 0.269. The molecule has 0 saturated carbocycles. The van der Waals surface area contributed by atoms with Crippen molar-refractivity contribution in [3.05, 3.63) is 24.3 Å². The van der Waals surface area contributed by atoms with Crippen LogP contribution in [-0.2, 0) is 9.59 Å². The zero-order valence-corrected chi connectivity index (χ0v) is 17.7. The molecular formula is C23H41NO4. The molecule has 5 heteroatoms. The van der Waals surface area contributed by atoms with Crippen molar-refractivity contribution in [1.82, 2.24) is 5.32 Å². The van der Waals surface area contributed by atoms with Crippen LogP contribution in [0.1, 0.15) is 96.8 Å². The van der Waals surface area contributed by atoms with Gasteiger partial charge in [-0.2, -0.15) is 0 Å². The quantitative estimate of drug-likeness (QED) is 0.244. The van der Waals surface area contributed by atoms with Crippen LogP contribution in [0, 0.1) is 0 Å². The van der Waals surface area contributed by atoms with Gasteiger partial charge in [0.2, 0.25) is 0 Å². The lowest BCUT2D eigenvalue weighted by Gasteiger charge is -1.99. The molecule has 1 saturated heterocycles. The van der Waals surface area contributed by atoms with E-state index in [1.165, 1.54) is 44.9 Å². The van der Waals surface area contributed by atoms with E-state index in [9.17, 15) is 9.59 Å². The molecule has 1 atom stereocenters. The maximum absolute atomic E-state index is 10.3. The third-order valence-electron chi connectivity index (χ3n) is 4.70. The molecule has 1 rings (SSSR count). The Morgan fingerprint density at radius 3 is 2.00 bits per heavy atom. The number of hydrogen-bond donors (Lipinski definition) is 3. The number of allylic oxidation sites excluding steroid dienone is 4. The number of nitrogens with one attached hydrogen (secondary N) is 1. The Hall–Kier alpha value is -1.62. The van der Waals surface area contributed by atoms with Crippen molar-refractivity contribution < 1.29 is 19.8 Å². The van der Waals surface area contributed by atoms with Gasteiger partial charge in [0.05, 0.1) is 0 Å². The van der Waals surface area contributed by atoms with Gasteiger partial charge in [-0.05, 0) is 57.9 Å². The van der Waals surface area contributed by atoms with Crippen molar-refractivity contribution in [2.75, 3.05) is 6.54 Å². The topological polar surface area (TPSA) is 86.6 Å². The molecule has 0 aromatic heterocycles. The lowest BCUT2D eigenvalue weighted by Crippen LogP contribution is -2.29. The lowest BCUT2D eigenvalue weighted by atomic mass is 10.1. The van der Waals surface area contributed by atoms with Gasteiger partial charge in [-0.25, -0.2) is 0 Å². The van der Waals surface area contributed by atoms with E-state index in [4.69, 9.17) is 10.2 Å². The van der Waals surface area contributed by atoms with E-state index in [-0.39, 0.29) is 6.04 Å². The molecule has 5 nitrogen and oxygen atoms in total. The molecule has 1 fully saturated rings.